The summed E-state index contributed by atoms with van der Waals surface area (Å²) in [5, 5.41) is 0. The summed E-state index contributed by atoms with van der Waals surface area (Å²) < 4.78 is 11.9. The fraction of sp³-hybridized carbons (Fsp3) is 0.333. The molecule has 0 bridgehead atoms. The molecule has 0 saturated heterocycles. The highest BCUT2D eigenvalue weighted by atomic mass is 16.5. The number of allylic oxidation sites excluding steroid dienone is 2. The Labute approximate surface area is 44.7 Å². The average Bonchev–Trinajstić information content (AvgIpc) is 1.94. The summed E-state index contributed by atoms with van der Waals surface area (Å²) in [6, 6.07) is 0. The van der Waals surface area contributed by atoms with Crippen molar-refractivity contribution >= 4 is 0 Å². The van der Waals surface area contributed by atoms with Gasteiger partial charge in [-0.3, -0.25) is 0 Å². The summed E-state index contributed by atoms with van der Waals surface area (Å²) in [4.78, 5) is 0. The summed E-state index contributed by atoms with van der Waals surface area (Å²) in [6.45, 7) is -0.398. The highest BCUT2D eigenvalue weighted by Crippen LogP contribution is 1.91. The lowest BCUT2D eigenvalue weighted by molar-refractivity contribution is 0.258. The molecule has 0 amide bonds. The van der Waals surface area contributed by atoms with Crippen molar-refractivity contribution in [3.8, 4) is 0 Å². The van der Waals surface area contributed by atoms with Gasteiger partial charge in [0.1, 0.15) is 0 Å². The molecule has 1 unspecified atom stereocenters. The van der Waals surface area contributed by atoms with Crippen LogP contribution < -0.4 is 0 Å². The van der Waals surface area contributed by atoms with Gasteiger partial charge in [0.2, 0.25) is 0 Å². The van der Waals surface area contributed by atoms with Crippen LogP contribution in [0, 0.1) is 0 Å². The normalized spacial score (nSPS) is 30.9. The second kappa shape index (κ2) is 2.45. The highest BCUT2D eigenvalue weighted by Gasteiger charge is 1.80. The van der Waals surface area contributed by atoms with Gasteiger partial charge in [-0.2, -0.15) is 0 Å². The molecule has 0 radical (unpaired) electrons. The SMILES string of the molecule is [2H]C1CC=CC=CO1. The van der Waals surface area contributed by atoms with E-state index >= 15 is 0 Å². The van der Waals surface area contributed by atoms with Crippen molar-refractivity contribution in [3.05, 3.63) is 24.5 Å². The van der Waals surface area contributed by atoms with Crippen LogP contribution in [0.3, 0.4) is 0 Å². The van der Waals surface area contributed by atoms with Gasteiger partial charge in [-0.25, -0.2) is 0 Å². The minimum absolute atomic E-state index is 0.398. The summed E-state index contributed by atoms with van der Waals surface area (Å²) in [5.41, 5.74) is 0. The van der Waals surface area contributed by atoms with E-state index in [1.54, 1.807) is 12.3 Å². The van der Waals surface area contributed by atoms with Gasteiger partial charge in [-0.1, -0.05) is 12.2 Å². The minimum atomic E-state index is -0.398. The molecule has 0 aromatic carbocycles. The van der Waals surface area contributed by atoms with E-state index in [9.17, 15) is 0 Å². The first-order valence-corrected chi connectivity index (χ1v) is 2.29. The smallest absolute Gasteiger partial charge is 0.0907 e. The Hall–Kier alpha value is -0.720. The summed E-state index contributed by atoms with van der Waals surface area (Å²) in [7, 11) is 0. The second-order valence-electron chi connectivity index (χ2n) is 1.30. The molecule has 0 saturated carbocycles. The van der Waals surface area contributed by atoms with Crippen LogP contribution >= 0.6 is 0 Å². The van der Waals surface area contributed by atoms with Crippen LogP contribution in [0.15, 0.2) is 24.5 Å². The third-order valence-corrected chi connectivity index (χ3v) is 0.733. The first-order chi connectivity index (χ1) is 3.89. The Bertz CT molecular complexity index is 104. The third kappa shape index (κ3) is 1.44. The largest absolute Gasteiger partial charge is 0.501 e. The lowest BCUT2D eigenvalue weighted by atomic mass is 10.4. The first-order valence-electron chi connectivity index (χ1n) is 2.87. The molecule has 7 heavy (non-hydrogen) atoms. The fourth-order valence-corrected chi connectivity index (χ4v) is 0.415. The highest BCUT2D eigenvalue weighted by molar-refractivity contribution is 5.01. The molecule has 1 heterocycles. The van der Waals surface area contributed by atoms with E-state index in [-0.39, 0.29) is 0 Å². The molecule has 1 atom stereocenters. The van der Waals surface area contributed by atoms with Crippen LogP contribution in [0.1, 0.15) is 7.79 Å². The van der Waals surface area contributed by atoms with Gasteiger partial charge in [0.15, 0.2) is 0 Å². The van der Waals surface area contributed by atoms with Gasteiger partial charge in [-0.15, -0.1) is 0 Å². The molecular weight excluding hydrogens is 88.1 g/mol. The summed E-state index contributed by atoms with van der Waals surface area (Å²) >= 11 is 0. The molecule has 38 valence electrons. The van der Waals surface area contributed by atoms with Crippen LogP contribution in [0.5, 0.6) is 0 Å². The molecule has 1 nitrogen and oxygen atoms in total. The van der Waals surface area contributed by atoms with Crippen LogP contribution in [0.25, 0.3) is 0 Å². The third-order valence-electron chi connectivity index (χ3n) is 0.733. The van der Waals surface area contributed by atoms with Crippen LogP contribution in [-0.4, -0.2) is 6.58 Å². The van der Waals surface area contributed by atoms with Crippen molar-refractivity contribution in [1.29, 1.82) is 0 Å². The number of hydrogen-bond donors (Lipinski definition) is 0. The molecule has 1 heteroatoms. The Morgan fingerprint density at radius 3 is 3.57 bits per heavy atom. The zero-order valence-corrected chi connectivity index (χ0v) is 4.00. The van der Waals surface area contributed by atoms with Gasteiger partial charge in [0.25, 0.3) is 0 Å². The summed E-state index contributed by atoms with van der Waals surface area (Å²) in [6.07, 6.45) is 7.82. The van der Waals surface area contributed by atoms with Crippen molar-refractivity contribution in [1.82, 2.24) is 0 Å². The van der Waals surface area contributed by atoms with Gasteiger partial charge in [0, 0.05) is 0 Å². The van der Waals surface area contributed by atoms with Crippen molar-refractivity contribution in [2.75, 3.05) is 6.58 Å². The average molecular weight is 97.1 g/mol. The van der Waals surface area contributed by atoms with E-state index in [0.717, 1.165) is 0 Å². The van der Waals surface area contributed by atoms with Gasteiger partial charge < -0.3 is 4.74 Å². The minimum Gasteiger partial charge on any atom is -0.501 e. The lowest BCUT2D eigenvalue weighted by Gasteiger charge is -1.89. The van der Waals surface area contributed by atoms with Crippen molar-refractivity contribution < 1.29 is 6.11 Å². The second-order valence-corrected chi connectivity index (χ2v) is 1.30. The van der Waals surface area contributed by atoms with Gasteiger partial charge in [0.05, 0.1) is 14.2 Å². The zero-order valence-electron chi connectivity index (χ0n) is 5.00. The Morgan fingerprint density at radius 1 is 1.57 bits per heavy atom. The number of hydrogen-bond acceptors (Lipinski definition) is 1. The molecule has 0 aromatic heterocycles. The maximum absolute atomic E-state index is 7.09. The van der Waals surface area contributed by atoms with Crippen molar-refractivity contribution in [2.24, 2.45) is 0 Å². The van der Waals surface area contributed by atoms with E-state index in [0.29, 0.717) is 6.42 Å². The molecule has 1 aliphatic rings. The maximum Gasteiger partial charge on any atom is 0.0907 e. The number of ether oxygens (including phenoxy) is 1. The first kappa shape index (κ1) is 3.30. The predicted molar refractivity (Wildman–Crippen MR) is 28.8 cm³/mol. The van der Waals surface area contributed by atoms with E-state index in [2.05, 4.69) is 0 Å². The van der Waals surface area contributed by atoms with Crippen molar-refractivity contribution in [2.45, 2.75) is 6.42 Å². The zero-order chi connectivity index (χ0) is 5.82. The lowest BCUT2D eigenvalue weighted by Crippen LogP contribution is -1.79. The van der Waals surface area contributed by atoms with Crippen molar-refractivity contribution in [3.63, 3.8) is 0 Å². The van der Waals surface area contributed by atoms with Crippen LogP contribution in [0.4, 0.5) is 0 Å². The molecule has 1 rings (SSSR count). The maximum atomic E-state index is 7.09. The monoisotopic (exact) mass is 97.1 g/mol. The topological polar surface area (TPSA) is 9.23 Å². The molecular formula is C6H8O. The van der Waals surface area contributed by atoms with E-state index in [4.69, 9.17) is 6.11 Å². The molecule has 0 spiro atoms. The van der Waals surface area contributed by atoms with Crippen LogP contribution in [0.2, 0.25) is 0 Å². The van der Waals surface area contributed by atoms with E-state index < -0.39 is 6.58 Å². The van der Waals surface area contributed by atoms with Crippen LogP contribution in [-0.2, 0) is 4.74 Å². The summed E-state index contributed by atoms with van der Waals surface area (Å²) in [5.74, 6) is 0. The fourth-order valence-electron chi connectivity index (χ4n) is 0.415. The Morgan fingerprint density at radius 2 is 2.57 bits per heavy atom. The van der Waals surface area contributed by atoms with E-state index in [1.807, 2.05) is 12.2 Å². The Balaban J connectivity index is 2.45. The molecule has 0 fully saturated rings. The van der Waals surface area contributed by atoms with Gasteiger partial charge in [-0.05, 0) is 12.5 Å². The Kier molecular flexibility index (Phi) is 1.16. The molecule has 1 aliphatic heterocycles. The molecule has 0 aromatic rings. The molecule has 0 N–H and O–H groups in total. The standard InChI is InChI=1S/C6H8O/c1-2-4-6-7-5-3-1/h1-3,5H,4,6H2/i6D. The quantitative estimate of drug-likeness (QED) is 0.445. The predicted octanol–water partition coefficient (Wildman–Crippen LogP) is 1.48. The molecule has 0 aliphatic carbocycles. The number of rotatable bonds is 0. The van der Waals surface area contributed by atoms with Gasteiger partial charge >= 0.3 is 0 Å². The van der Waals surface area contributed by atoms with E-state index in [1.165, 1.54) is 0 Å².